The first kappa shape index (κ1) is 12.7. The third-order valence-electron chi connectivity index (χ3n) is 3.00. The Morgan fingerprint density at radius 2 is 2.18 bits per heavy atom. The van der Waals surface area contributed by atoms with Crippen molar-refractivity contribution >= 4 is 29.1 Å². The molecule has 0 spiro atoms. The second-order valence-electron chi connectivity index (χ2n) is 4.32. The van der Waals surface area contributed by atoms with E-state index in [0.717, 1.165) is 5.56 Å². The molecular weight excluding hydrogens is 259 g/mol. The van der Waals surface area contributed by atoms with Crippen LogP contribution in [0.2, 0.25) is 10.0 Å². The van der Waals surface area contributed by atoms with Gasteiger partial charge in [0.25, 0.3) is 0 Å². The molecule has 1 aromatic rings. The van der Waals surface area contributed by atoms with Gasteiger partial charge in [-0.25, -0.2) is 0 Å². The lowest BCUT2D eigenvalue weighted by Crippen LogP contribution is -2.25. The molecule has 1 atom stereocenters. The molecule has 0 aromatic heterocycles. The molecule has 2 N–H and O–H groups in total. The molecule has 5 heteroatoms. The van der Waals surface area contributed by atoms with E-state index in [-0.39, 0.29) is 11.8 Å². The fourth-order valence-electron chi connectivity index (χ4n) is 2.02. The van der Waals surface area contributed by atoms with Gasteiger partial charge in [-0.2, -0.15) is 0 Å². The molecule has 3 nitrogen and oxygen atoms in total. The molecule has 92 valence electrons. The van der Waals surface area contributed by atoms with Crippen LogP contribution in [0.5, 0.6) is 0 Å². The van der Waals surface area contributed by atoms with Gasteiger partial charge in [-0.15, -0.1) is 0 Å². The number of hydrogen-bond acceptors (Lipinski definition) is 2. The molecule has 1 heterocycles. The van der Waals surface area contributed by atoms with Gasteiger partial charge in [-0.05, 0) is 30.2 Å². The molecule has 1 aliphatic heterocycles. The molecule has 0 radical (unpaired) electrons. The maximum absolute atomic E-state index is 11.7. The quantitative estimate of drug-likeness (QED) is 0.918. The van der Waals surface area contributed by atoms with Crippen LogP contribution in [0.25, 0.3) is 0 Å². The van der Waals surface area contributed by atoms with E-state index in [0.29, 0.717) is 36.1 Å². The minimum atomic E-state index is 0.145. The highest BCUT2D eigenvalue weighted by Gasteiger charge is 2.28. The average Bonchev–Trinajstić information content (AvgIpc) is 2.64. The molecule has 1 unspecified atom stereocenters. The summed E-state index contributed by atoms with van der Waals surface area (Å²) < 4.78 is 0. The number of likely N-dealkylation sites (tertiary alicyclic amines) is 1. The summed E-state index contributed by atoms with van der Waals surface area (Å²) in [6.45, 7) is 1.80. The maximum Gasteiger partial charge on any atom is 0.223 e. The Morgan fingerprint density at radius 3 is 2.76 bits per heavy atom. The topological polar surface area (TPSA) is 46.3 Å². The number of carbonyl (C=O) groups excluding carboxylic acids is 1. The number of amides is 1. The molecule has 1 saturated heterocycles. The van der Waals surface area contributed by atoms with E-state index in [1.54, 1.807) is 17.0 Å². The van der Waals surface area contributed by atoms with Crippen molar-refractivity contribution in [2.45, 2.75) is 13.0 Å². The van der Waals surface area contributed by atoms with Crippen LogP contribution in [-0.2, 0) is 11.3 Å². The fourth-order valence-corrected chi connectivity index (χ4v) is 2.49. The van der Waals surface area contributed by atoms with Crippen LogP contribution < -0.4 is 5.73 Å². The third kappa shape index (κ3) is 2.92. The predicted molar refractivity (Wildman–Crippen MR) is 69.0 cm³/mol. The van der Waals surface area contributed by atoms with Crippen molar-refractivity contribution in [2.75, 3.05) is 13.1 Å². The summed E-state index contributed by atoms with van der Waals surface area (Å²) in [5, 5.41) is 1.20. The Hall–Kier alpha value is -0.770. The van der Waals surface area contributed by atoms with Gasteiger partial charge in [0.05, 0.1) is 0 Å². The summed E-state index contributed by atoms with van der Waals surface area (Å²) in [7, 11) is 0. The molecule has 0 bridgehead atoms. The normalized spacial score (nSPS) is 20.1. The van der Waals surface area contributed by atoms with Crippen LogP contribution in [0.4, 0.5) is 0 Å². The average molecular weight is 273 g/mol. The Morgan fingerprint density at radius 1 is 1.41 bits per heavy atom. The van der Waals surface area contributed by atoms with E-state index < -0.39 is 0 Å². The smallest absolute Gasteiger partial charge is 0.223 e. The summed E-state index contributed by atoms with van der Waals surface area (Å²) in [5.41, 5.74) is 6.50. The van der Waals surface area contributed by atoms with Gasteiger partial charge >= 0.3 is 0 Å². The van der Waals surface area contributed by atoms with E-state index in [1.807, 2.05) is 6.07 Å². The lowest BCUT2D eigenvalue weighted by Gasteiger charge is -2.17. The Kier molecular flexibility index (Phi) is 3.92. The van der Waals surface area contributed by atoms with Gasteiger partial charge in [-0.3, -0.25) is 4.79 Å². The van der Waals surface area contributed by atoms with Crippen molar-refractivity contribution in [3.63, 3.8) is 0 Å². The summed E-state index contributed by atoms with van der Waals surface area (Å²) in [4.78, 5) is 13.5. The van der Waals surface area contributed by atoms with Crippen molar-refractivity contribution in [1.29, 1.82) is 0 Å². The standard InChI is InChI=1S/C12H14Cl2N2O/c13-10-2-1-9(11(14)4-10)7-16-6-8(5-15)3-12(16)17/h1-2,4,8H,3,5-7,15H2. The first-order chi connectivity index (χ1) is 8.10. The third-order valence-corrected chi connectivity index (χ3v) is 3.59. The van der Waals surface area contributed by atoms with Gasteiger partial charge in [0.1, 0.15) is 0 Å². The first-order valence-electron chi connectivity index (χ1n) is 5.52. The minimum Gasteiger partial charge on any atom is -0.338 e. The van der Waals surface area contributed by atoms with Crippen molar-refractivity contribution in [3.05, 3.63) is 33.8 Å². The Balaban J connectivity index is 2.08. The molecule has 17 heavy (non-hydrogen) atoms. The Labute approximate surface area is 110 Å². The molecular formula is C12H14Cl2N2O. The largest absolute Gasteiger partial charge is 0.338 e. The maximum atomic E-state index is 11.7. The zero-order valence-corrected chi connectivity index (χ0v) is 10.8. The lowest BCUT2D eigenvalue weighted by molar-refractivity contribution is -0.128. The van der Waals surface area contributed by atoms with E-state index >= 15 is 0 Å². The Bertz CT molecular complexity index is 437. The van der Waals surface area contributed by atoms with Crippen LogP contribution in [-0.4, -0.2) is 23.9 Å². The number of benzene rings is 1. The summed E-state index contributed by atoms with van der Waals surface area (Å²) in [6, 6.07) is 5.33. The number of halogens is 2. The predicted octanol–water partition coefficient (Wildman–Crippen LogP) is 2.30. The summed E-state index contributed by atoms with van der Waals surface area (Å²) >= 11 is 11.9. The summed E-state index contributed by atoms with van der Waals surface area (Å²) in [6.07, 6.45) is 0.543. The molecule has 1 aliphatic rings. The zero-order chi connectivity index (χ0) is 12.4. The highest BCUT2D eigenvalue weighted by molar-refractivity contribution is 6.35. The van der Waals surface area contributed by atoms with Crippen molar-refractivity contribution in [3.8, 4) is 0 Å². The van der Waals surface area contributed by atoms with Gasteiger partial charge in [0, 0.05) is 29.6 Å². The molecule has 0 saturated carbocycles. The highest BCUT2D eigenvalue weighted by Crippen LogP contribution is 2.25. The number of rotatable bonds is 3. The van der Waals surface area contributed by atoms with E-state index in [1.165, 1.54) is 0 Å². The van der Waals surface area contributed by atoms with Crippen LogP contribution in [0, 0.1) is 5.92 Å². The van der Waals surface area contributed by atoms with Gasteiger partial charge in [0.15, 0.2) is 0 Å². The first-order valence-corrected chi connectivity index (χ1v) is 6.27. The number of carbonyl (C=O) groups is 1. The van der Waals surface area contributed by atoms with Crippen LogP contribution in [0.1, 0.15) is 12.0 Å². The highest BCUT2D eigenvalue weighted by atomic mass is 35.5. The van der Waals surface area contributed by atoms with Crippen molar-refractivity contribution in [2.24, 2.45) is 11.7 Å². The van der Waals surface area contributed by atoms with Gasteiger partial charge < -0.3 is 10.6 Å². The fraction of sp³-hybridized carbons (Fsp3) is 0.417. The molecule has 1 fully saturated rings. The number of hydrogen-bond donors (Lipinski definition) is 1. The molecule has 2 rings (SSSR count). The van der Waals surface area contributed by atoms with E-state index in [4.69, 9.17) is 28.9 Å². The molecule has 0 aliphatic carbocycles. The molecule has 1 aromatic carbocycles. The van der Waals surface area contributed by atoms with Gasteiger partial charge in [-0.1, -0.05) is 29.3 Å². The van der Waals surface area contributed by atoms with Gasteiger partial charge in [0.2, 0.25) is 5.91 Å². The second kappa shape index (κ2) is 5.25. The van der Waals surface area contributed by atoms with Crippen molar-refractivity contribution in [1.82, 2.24) is 4.90 Å². The van der Waals surface area contributed by atoms with Crippen LogP contribution >= 0.6 is 23.2 Å². The molecule has 1 amide bonds. The number of nitrogens with zero attached hydrogens (tertiary/aromatic N) is 1. The van der Waals surface area contributed by atoms with Crippen LogP contribution in [0.3, 0.4) is 0 Å². The lowest BCUT2D eigenvalue weighted by atomic mass is 10.1. The summed E-state index contributed by atoms with van der Waals surface area (Å²) in [5.74, 6) is 0.417. The second-order valence-corrected chi connectivity index (χ2v) is 5.16. The number of nitrogens with two attached hydrogens (primary N) is 1. The zero-order valence-electron chi connectivity index (χ0n) is 9.33. The SMILES string of the molecule is NCC1CC(=O)N(Cc2ccc(Cl)cc2Cl)C1. The van der Waals surface area contributed by atoms with E-state index in [9.17, 15) is 4.79 Å². The van der Waals surface area contributed by atoms with Crippen molar-refractivity contribution < 1.29 is 4.79 Å². The van der Waals surface area contributed by atoms with Crippen LogP contribution in [0.15, 0.2) is 18.2 Å². The van der Waals surface area contributed by atoms with E-state index in [2.05, 4.69) is 0 Å². The monoisotopic (exact) mass is 272 g/mol. The minimum absolute atomic E-state index is 0.145.